The van der Waals surface area contributed by atoms with E-state index in [4.69, 9.17) is 28.7 Å². The van der Waals surface area contributed by atoms with Crippen LogP contribution in [0.3, 0.4) is 0 Å². The lowest BCUT2D eigenvalue weighted by molar-refractivity contribution is -0.576. The van der Waals surface area contributed by atoms with Crippen LogP contribution < -0.4 is 0 Å². The van der Waals surface area contributed by atoms with Crippen LogP contribution in [-0.2, 0) is 38.3 Å². The molecule has 1 aliphatic carbocycles. The molecule has 4 aliphatic heterocycles. The molecule has 5 fully saturated rings. The molecule has 5 aliphatic rings. The van der Waals surface area contributed by atoms with Gasteiger partial charge < -0.3 is 18.9 Å². The fourth-order valence-corrected chi connectivity index (χ4v) is 5.51. The Kier molecular flexibility index (Phi) is 5.18. The third kappa shape index (κ3) is 3.14. The van der Waals surface area contributed by atoms with Crippen LogP contribution in [-0.4, -0.2) is 42.5 Å². The fourth-order valence-electron chi connectivity index (χ4n) is 5.51. The van der Waals surface area contributed by atoms with E-state index in [1.165, 1.54) is 0 Å². The molecule has 5 rings (SSSR count). The lowest BCUT2D eigenvalue weighted by Gasteiger charge is -2.59. The Morgan fingerprint density at radius 3 is 2.61 bits per heavy atom. The number of ether oxygens (including phenoxy) is 4. The molecule has 8 atom stereocenters. The van der Waals surface area contributed by atoms with Crippen molar-refractivity contribution >= 4 is 11.9 Å². The van der Waals surface area contributed by atoms with Crippen LogP contribution in [0.25, 0.3) is 0 Å². The van der Waals surface area contributed by atoms with E-state index in [0.717, 1.165) is 25.7 Å². The summed E-state index contributed by atoms with van der Waals surface area (Å²) in [6.07, 6.45) is 1.72. The van der Waals surface area contributed by atoms with Crippen molar-refractivity contribution in [2.24, 2.45) is 23.7 Å². The molecule has 0 amide bonds. The lowest BCUT2D eigenvalue weighted by Crippen LogP contribution is -2.70. The highest BCUT2D eigenvalue weighted by molar-refractivity contribution is 5.91. The summed E-state index contributed by atoms with van der Waals surface area (Å²) in [5, 5.41) is 0. The van der Waals surface area contributed by atoms with Crippen LogP contribution in [0.1, 0.15) is 59.8 Å². The molecule has 0 radical (unpaired) electrons. The Morgan fingerprint density at radius 2 is 1.86 bits per heavy atom. The molecule has 1 saturated carbocycles. The second-order valence-electron chi connectivity index (χ2n) is 8.75. The molecule has 4 saturated heterocycles. The minimum atomic E-state index is -0.877. The molecule has 8 heteroatoms. The highest BCUT2D eigenvalue weighted by Crippen LogP contribution is 2.60. The Morgan fingerprint density at radius 1 is 1.07 bits per heavy atom. The zero-order valence-corrected chi connectivity index (χ0v) is 17.0. The van der Waals surface area contributed by atoms with Gasteiger partial charge in [0.05, 0.1) is 6.61 Å². The molecular weight excluding hydrogens is 368 g/mol. The Bertz CT molecular complexity index is 638. The summed E-state index contributed by atoms with van der Waals surface area (Å²) in [5.41, 5.74) is -0.697. The number of esters is 2. The summed E-state index contributed by atoms with van der Waals surface area (Å²) in [6, 6.07) is 0. The van der Waals surface area contributed by atoms with E-state index in [-0.39, 0.29) is 24.4 Å². The molecule has 1 unspecified atom stereocenters. The minimum Gasteiger partial charge on any atom is -0.466 e. The van der Waals surface area contributed by atoms with Crippen LogP contribution in [0.2, 0.25) is 0 Å². The van der Waals surface area contributed by atoms with Gasteiger partial charge in [-0.25, -0.2) is 9.78 Å². The molecule has 2 bridgehead atoms. The van der Waals surface area contributed by atoms with E-state index in [1.54, 1.807) is 6.92 Å². The van der Waals surface area contributed by atoms with Crippen LogP contribution in [0.5, 0.6) is 0 Å². The molecule has 1 spiro atoms. The first kappa shape index (κ1) is 20.1. The molecule has 0 N–H and O–H groups in total. The van der Waals surface area contributed by atoms with Gasteiger partial charge in [0, 0.05) is 18.3 Å². The first-order valence-corrected chi connectivity index (χ1v) is 10.3. The number of hydrogen-bond donors (Lipinski definition) is 0. The van der Waals surface area contributed by atoms with Crippen molar-refractivity contribution in [1.29, 1.82) is 0 Å². The smallest absolute Gasteiger partial charge is 0.319 e. The van der Waals surface area contributed by atoms with Crippen LogP contribution in [0.4, 0.5) is 0 Å². The third-order valence-electron chi connectivity index (χ3n) is 6.94. The summed E-state index contributed by atoms with van der Waals surface area (Å²) in [4.78, 5) is 35.6. The average Bonchev–Trinajstić information content (AvgIpc) is 2.85. The van der Waals surface area contributed by atoms with Crippen molar-refractivity contribution < 1.29 is 38.3 Å². The summed E-state index contributed by atoms with van der Waals surface area (Å²) >= 11 is 0. The monoisotopic (exact) mass is 398 g/mol. The zero-order chi connectivity index (χ0) is 20.1. The van der Waals surface area contributed by atoms with Crippen molar-refractivity contribution in [2.45, 2.75) is 83.8 Å². The maximum absolute atomic E-state index is 12.2. The summed E-state index contributed by atoms with van der Waals surface area (Å²) < 4.78 is 22.7. The first-order valence-electron chi connectivity index (χ1n) is 10.3. The Balaban J connectivity index is 1.56. The fraction of sp³-hybridized carbons (Fsp3) is 0.900. The highest BCUT2D eigenvalue weighted by Gasteiger charge is 2.69. The van der Waals surface area contributed by atoms with Crippen LogP contribution in [0, 0.1) is 23.7 Å². The molecule has 0 aromatic heterocycles. The molecule has 158 valence electrons. The Hall–Kier alpha value is -1.22. The quantitative estimate of drug-likeness (QED) is 0.406. The summed E-state index contributed by atoms with van der Waals surface area (Å²) in [6.45, 7) is 8.00. The number of rotatable bonds is 4. The summed E-state index contributed by atoms with van der Waals surface area (Å²) in [5.74, 6) is -1.48. The predicted molar refractivity (Wildman–Crippen MR) is 94.2 cm³/mol. The van der Waals surface area contributed by atoms with Crippen molar-refractivity contribution in [3.63, 3.8) is 0 Å². The molecular formula is C20H30O8. The van der Waals surface area contributed by atoms with Gasteiger partial charge in [-0.15, -0.1) is 0 Å². The SMILES string of the molecule is CCOC(=O)CC(=O)OC1O[C@@H]2O[C@]3(C)CC[C@H]4[C@H](C)CC[C@@H]([C@H]1C)[C@@]24OO3. The summed E-state index contributed by atoms with van der Waals surface area (Å²) in [7, 11) is 0. The van der Waals surface area contributed by atoms with E-state index in [9.17, 15) is 9.59 Å². The normalized spacial score (nSPS) is 47.0. The largest absolute Gasteiger partial charge is 0.466 e. The van der Waals surface area contributed by atoms with Gasteiger partial charge in [0.1, 0.15) is 6.42 Å². The van der Waals surface area contributed by atoms with Gasteiger partial charge in [-0.05, 0) is 44.9 Å². The van der Waals surface area contributed by atoms with E-state index in [0.29, 0.717) is 5.92 Å². The van der Waals surface area contributed by atoms with Gasteiger partial charge in [0.25, 0.3) is 0 Å². The van der Waals surface area contributed by atoms with Crippen molar-refractivity contribution in [1.82, 2.24) is 0 Å². The van der Waals surface area contributed by atoms with Crippen LogP contribution in [0.15, 0.2) is 0 Å². The second kappa shape index (κ2) is 7.23. The maximum atomic E-state index is 12.2. The molecule has 4 heterocycles. The molecule has 8 nitrogen and oxygen atoms in total. The maximum Gasteiger partial charge on any atom is 0.319 e. The van der Waals surface area contributed by atoms with Crippen molar-refractivity contribution in [3.8, 4) is 0 Å². The van der Waals surface area contributed by atoms with Gasteiger partial charge in [-0.2, -0.15) is 0 Å². The van der Waals surface area contributed by atoms with E-state index in [2.05, 4.69) is 6.92 Å². The molecule has 0 aromatic carbocycles. The highest BCUT2D eigenvalue weighted by atomic mass is 17.3. The number of carbonyl (C=O) groups is 2. The van der Waals surface area contributed by atoms with E-state index >= 15 is 0 Å². The first-order chi connectivity index (χ1) is 13.3. The standard InChI is InChI=1S/C20H30O8/c1-5-23-15(21)10-16(22)24-17-12(3)14-7-6-11(2)13-8-9-19(4)26-18(25-17)20(13,14)28-27-19/h11-14,17-18H,5-10H2,1-4H3/t11-,12-,13+,14+,17?,18-,19+,20-/m1/s1. The predicted octanol–water partition coefficient (Wildman–Crippen LogP) is 2.69. The second-order valence-corrected chi connectivity index (χ2v) is 8.75. The van der Waals surface area contributed by atoms with Crippen molar-refractivity contribution in [2.75, 3.05) is 6.61 Å². The van der Waals surface area contributed by atoms with Crippen LogP contribution >= 0.6 is 0 Å². The zero-order valence-electron chi connectivity index (χ0n) is 17.0. The van der Waals surface area contributed by atoms with E-state index in [1.807, 2.05) is 13.8 Å². The van der Waals surface area contributed by atoms with Crippen molar-refractivity contribution in [3.05, 3.63) is 0 Å². The number of hydrogen-bond acceptors (Lipinski definition) is 8. The number of carbonyl (C=O) groups excluding carboxylic acids is 2. The van der Waals surface area contributed by atoms with Gasteiger partial charge in [-0.3, -0.25) is 9.59 Å². The van der Waals surface area contributed by atoms with E-state index < -0.39 is 42.3 Å². The Labute approximate surface area is 165 Å². The average molecular weight is 398 g/mol. The molecule has 0 aromatic rings. The topological polar surface area (TPSA) is 89.5 Å². The third-order valence-corrected chi connectivity index (χ3v) is 6.94. The van der Waals surface area contributed by atoms with Gasteiger partial charge >= 0.3 is 11.9 Å². The van der Waals surface area contributed by atoms with Gasteiger partial charge in [0.2, 0.25) is 12.1 Å². The lowest BCUT2D eigenvalue weighted by atomic mass is 9.58. The van der Waals surface area contributed by atoms with Gasteiger partial charge in [-0.1, -0.05) is 13.8 Å². The van der Waals surface area contributed by atoms with Gasteiger partial charge in [0.15, 0.2) is 11.9 Å². The molecule has 28 heavy (non-hydrogen) atoms. The number of fused-ring (bicyclic) bond motifs is 2. The minimum absolute atomic E-state index is 0.0653.